The van der Waals surface area contributed by atoms with Crippen molar-refractivity contribution < 1.29 is 4.79 Å². The Kier molecular flexibility index (Phi) is 4.96. The van der Waals surface area contributed by atoms with Crippen molar-refractivity contribution in [3.05, 3.63) is 65.2 Å². The van der Waals surface area contributed by atoms with E-state index in [9.17, 15) is 4.79 Å². The number of carbonyl (C=O) groups excluding carboxylic acids is 1. The Morgan fingerprint density at radius 1 is 1.19 bits per heavy atom. The average Bonchev–Trinajstić information content (AvgIpc) is 3.16. The Morgan fingerprint density at radius 3 is 2.85 bits per heavy atom. The van der Waals surface area contributed by atoms with Gasteiger partial charge in [-0.3, -0.25) is 4.79 Å². The molecule has 27 heavy (non-hydrogen) atoms. The van der Waals surface area contributed by atoms with Crippen molar-refractivity contribution >= 4 is 5.91 Å². The smallest absolute Gasteiger partial charge is 0.222 e. The first-order valence-corrected chi connectivity index (χ1v) is 9.41. The van der Waals surface area contributed by atoms with Crippen LogP contribution in [0.5, 0.6) is 0 Å². The molecule has 0 saturated heterocycles. The summed E-state index contributed by atoms with van der Waals surface area (Å²) >= 11 is 0. The van der Waals surface area contributed by atoms with E-state index in [-0.39, 0.29) is 11.9 Å². The molecule has 0 bridgehead atoms. The fourth-order valence-corrected chi connectivity index (χ4v) is 3.53. The number of rotatable bonds is 5. The van der Waals surface area contributed by atoms with Crippen molar-refractivity contribution in [2.45, 2.75) is 45.2 Å². The molecule has 1 aromatic heterocycles. The van der Waals surface area contributed by atoms with Crippen molar-refractivity contribution in [3.63, 3.8) is 0 Å². The molecule has 1 unspecified atom stereocenters. The molecular formula is C21H23N5O. The van der Waals surface area contributed by atoms with Crippen LogP contribution < -0.4 is 5.32 Å². The molecule has 0 fully saturated rings. The molecule has 0 saturated carbocycles. The summed E-state index contributed by atoms with van der Waals surface area (Å²) < 4.78 is 0. The fraction of sp³-hybridized carbons (Fsp3) is 0.333. The van der Waals surface area contributed by atoms with Gasteiger partial charge in [-0.15, -0.1) is 10.2 Å². The summed E-state index contributed by atoms with van der Waals surface area (Å²) in [6, 6.07) is 16.5. The van der Waals surface area contributed by atoms with Gasteiger partial charge in [0.25, 0.3) is 0 Å². The third kappa shape index (κ3) is 4.05. The highest BCUT2D eigenvalue weighted by atomic mass is 16.1. The van der Waals surface area contributed by atoms with Crippen LogP contribution in [-0.2, 0) is 17.8 Å². The quantitative estimate of drug-likeness (QED) is 0.757. The Hall–Kier alpha value is -3.02. The van der Waals surface area contributed by atoms with Crippen molar-refractivity contribution in [2.24, 2.45) is 0 Å². The summed E-state index contributed by atoms with van der Waals surface area (Å²) in [5.74, 6) is 0.600. The summed E-state index contributed by atoms with van der Waals surface area (Å²) in [6.07, 6.45) is 3.52. The maximum Gasteiger partial charge on any atom is 0.222 e. The maximum atomic E-state index is 12.4. The Bertz CT molecular complexity index is 932. The number of nitrogens with one attached hydrogen (secondary N) is 1. The molecule has 1 aliphatic rings. The van der Waals surface area contributed by atoms with Crippen LogP contribution in [-0.4, -0.2) is 26.1 Å². The van der Waals surface area contributed by atoms with Crippen LogP contribution in [0.1, 0.15) is 42.0 Å². The number of benzene rings is 2. The molecule has 1 atom stereocenters. The molecule has 0 radical (unpaired) electrons. The lowest BCUT2D eigenvalue weighted by Crippen LogP contribution is -2.31. The van der Waals surface area contributed by atoms with E-state index in [1.807, 2.05) is 37.3 Å². The largest absolute Gasteiger partial charge is 0.349 e. The minimum Gasteiger partial charge on any atom is -0.349 e. The van der Waals surface area contributed by atoms with Gasteiger partial charge in [-0.1, -0.05) is 54.1 Å². The van der Waals surface area contributed by atoms with Gasteiger partial charge >= 0.3 is 0 Å². The van der Waals surface area contributed by atoms with Crippen molar-refractivity contribution in [1.29, 1.82) is 0 Å². The normalized spacial score (nSPS) is 16.0. The van der Waals surface area contributed by atoms with Crippen LogP contribution in [0.25, 0.3) is 11.4 Å². The van der Waals surface area contributed by atoms with E-state index in [1.54, 1.807) is 0 Å². The third-order valence-corrected chi connectivity index (χ3v) is 5.01. The second-order valence-electron chi connectivity index (χ2n) is 7.04. The van der Waals surface area contributed by atoms with Crippen LogP contribution >= 0.6 is 0 Å². The number of aromatic nitrogens is 4. The number of tetrazole rings is 1. The summed E-state index contributed by atoms with van der Waals surface area (Å²) in [5, 5.41) is 15.7. The lowest BCUT2D eigenvalue weighted by molar-refractivity contribution is -0.122. The zero-order valence-electron chi connectivity index (χ0n) is 15.4. The van der Waals surface area contributed by atoms with E-state index in [1.165, 1.54) is 21.5 Å². The first-order valence-electron chi connectivity index (χ1n) is 9.41. The molecule has 3 aromatic rings. The first kappa shape index (κ1) is 17.4. The van der Waals surface area contributed by atoms with Gasteiger partial charge in [0.15, 0.2) is 0 Å². The molecular weight excluding hydrogens is 338 g/mol. The van der Waals surface area contributed by atoms with E-state index >= 15 is 0 Å². The molecule has 1 N–H and O–H groups in total. The highest BCUT2D eigenvalue weighted by Crippen LogP contribution is 2.29. The second-order valence-corrected chi connectivity index (χ2v) is 7.04. The minimum atomic E-state index is 0.0193. The zero-order valence-corrected chi connectivity index (χ0v) is 15.4. The SMILES string of the molecule is Cc1ccc(-c2nnn(CCC(=O)NC3CCCc4ccccc43)n2)cc1. The monoisotopic (exact) mass is 361 g/mol. The van der Waals surface area contributed by atoms with Gasteiger partial charge < -0.3 is 5.32 Å². The van der Waals surface area contributed by atoms with E-state index < -0.39 is 0 Å². The predicted octanol–water partition coefficient (Wildman–Crippen LogP) is 3.23. The second kappa shape index (κ2) is 7.70. The van der Waals surface area contributed by atoms with Gasteiger partial charge in [-0.2, -0.15) is 4.80 Å². The number of hydrogen-bond donors (Lipinski definition) is 1. The number of nitrogens with zero attached hydrogens (tertiary/aromatic N) is 4. The number of hydrogen-bond acceptors (Lipinski definition) is 4. The standard InChI is InChI=1S/C21H23N5O/c1-15-9-11-17(12-10-15)21-23-25-26(24-21)14-13-20(27)22-19-8-4-6-16-5-2-3-7-18(16)19/h2-3,5,7,9-12,19H,4,6,8,13-14H2,1H3,(H,22,27). The highest BCUT2D eigenvalue weighted by Gasteiger charge is 2.21. The Labute approximate surface area is 158 Å². The van der Waals surface area contributed by atoms with Crippen LogP contribution in [0, 0.1) is 6.92 Å². The van der Waals surface area contributed by atoms with Crippen molar-refractivity contribution in [3.8, 4) is 11.4 Å². The molecule has 1 heterocycles. The van der Waals surface area contributed by atoms with E-state index in [4.69, 9.17) is 0 Å². The van der Waals surface area contributed by atoms with Crippen LogP contribution in [0.15, 0.2) is 48.5 Å². The van der Waals surface area contributed by atoms with E-state index in [0.29, 0.717) is 18.8 Å². The van der Waals surface area contributed by atoms with Gasteiger partial charge in [0.1, 0.15) is 0 Å². The topological polar surface area (TPSA) is 72.7 Å². The molecule has 4 rings (SSSR count). The van der Waals surface area contributed by atoms with Gasteiger partial charge in [0.2, 0.25) is 11.7 Å². The Balaban J connectivity index is 1.34. The average molecular weight is 361 g/mol. The third-order valence-electron chi connectivity index (χ3n) is 5.01. The molecule has 1 aliphatic carbocycles. The highest BCUT2D eigenvalue weighted by molar-refractivity contribution is 5.76. The fourth-order valence-electron chi connectivity index (χ4n) is 3.53. The molecule has 6 nitrogen and oxygen atoms in total. The van der Waals surface area contributed by atoms with Crippen molar-refractivity contribution in [2.75, 3.05) is 0 Å². The van der Waals surface area contributed by atoms with Crippen LogP contribution in [0.2, 0.25) is 0 Å². The summed E-state index contributed by atoms with van der Waals surface area (Å²) in [6.45, 7) is 2.45. The van der Waals surface area contributed by atoms with Crippen LogP contribution in [0.4, 0.5) is 0 Å². The van der Waals surface area contributed by atoms with E-state index in [2.05, 4.69) is 38.9 Å². The lowest BCUT2D eigenvalue weighted by Gasteiger charge is -2.26. The summed E-state index contributed by atoms with van der Waals surface area (Å²) in [7, 11) is 0. The molecule has 1 amide bonds. The number of amides is 1. The van der Waals surface area contributed by atoms with Gasteiger partial charge in [-0.25, -0.2) is 0 Å². The molecule has 0 aliphatic heterocycles. The number of fused-ring (bicyclic) bond motifs is 1. The molecule has 2 aromatic carbocycles. The molecule has 138 valence electrons. The number of carbonyl (C=O) groups is 1. The van der Waals surface area contributed by atoms with Gasteiger partial charge in [0.05, 0.1) is 12.6 Å². The summed E-state index contributed by atoms with van der Waals surface area (Å²) in [4.78, 5) is 13.9. The molecule has 0 spiro atoms. The van der Waals surface area contributed by atoms with Crippen LogP contribution in [0.3, 0.4) is 0 Å². The Morgan fingerprint density at radius 2 is 2.00 bits per heavy atom. The minimum absolute atomic E-state index is 0.0193. The first-order chi connectivity index (χ1) is 13.2. The zero-order chi connectivity index (χ0) is 18.6. The maximum absolute atomic E-state index is 12.4. The number of aryl methyl sites for hydroxylation is 3. The van der Waals surface area contributed by atoms with Gasteiger partial charge in [-0.05, 0) is 42.5 Å². The van der Waals surface area contributed by atoms with Crippen molar-refractivity contribution in [1.82, 2.24) is 25.5 Å². The predicted molar refractivity (Wildman–Crippen MR) is 103 cm³/mol. The molecule has 6 heteroatoms. The van der Waals surface area contributed by atoms with E-state index in [0.717, 1.165) is 24.8 Å². The van der Waals surface area contributed by atoms with Gasteiger partial charge in [0, 0.05) is 12.0 Å². The summed E-state index contributed by atoms with van der Waals surface area (Å²) in [5.41, 5.74) is 4.70. The lowest BCUT2D eigenvalue weighted by atomic mass is 9.88.